The molecule has 0 unspecified atom stereocenters. The summed E-state index contributed by atoms with van der Waals surface area (Å²) in [5, 5.41) is 20.6. The van der Waals surface area contributed by atoms with Crippen LogP contribution in [0.15, 0.2) is 48.8 Å². The molecule has 0 amide bonds. The average molecular weight is 323 g/mol. The Labute approximate surface area is 136 Å². The summed E-state index contributed by atoms with van der Waals surface area (Å²) in [7, 11) is 0. The molecule has 0 saturated heterocycles. The summed E-state index contributed by atoms with van der Waals surface area (Å²) in [6.45, 7) is 1.64. The molecule has 0 fully saturated rings. The number of H-pyrrole nitrogens is 1. The van der Waals surface area contributed by atoms with Crippen LogP contribution in [0.4, 0.5) is 4.39 Å². The van der Waals surface area contributed by atoms with E-state index in [4.69, 9.17) is 0 Å². The highest BCUT2D eigenvalue weighted by Gasteiger charge is 2.23. The van der Waals surface area contributed by atoms with Gasteiger partial charge in [-0.25, -0.2) is 9.37 Å². The number of nitrogens with one attached hydrogen (secondary N) is 1. The highest BCUT2D eigenvalue weighted by Crippen LogP contribution is 2.43. The van der Waals surface area contributed by atoms with Gasteiger partial charge in [-0.2, -0.15) is 0 Å². The second-order valence-corrected chi connectivity index (χ2v) is 5.57. The Morgan fingerprint density at radius 3 is 2.71 bits per heavy atom. The Kier molecular flexibility index (Phi) is 3.06. The molecule has 2 aromatic heterocycles. The molecule has 4 rings (SSSR count). The van der Waals surface area contributed by atoms with E-state index in [0.717, 1.165) is 11.0 Å². The van der Waals surface area contributed by atoms with Crippen LogP contribution in [0.1, 0.15) is 5.56 Å². The molecule has 5 nitrogen and oxygen atoms in total. The summed E-state index contributed by atoms with van der Waals surface area (Å²) in [6.07, 6.45) is 1.57. The maximum absolute atomic E-state index is 14.3. The first-order valence-corrected chi connectivity index (χ1v) is 7.39. The van der Waals surface area contributed by atoms with Crippen molar-refractivity contribution >= 4 is 11.0 Å². The number of halogens is 1. The third kappa shape index (κ3) is 1.96. The summed E-state index contributed by atoms with van der Waals surface area (Å²) in [5.41, 5.74) is 3.25. The largest absolute Gasteiger partial charge is 0.503 e. The van der Waals surface area contributed by atoms with E-state index >= 15 is 0 Å². The monoisotopic (exact) mass is 323 g/mol. The lowest BCUT2D eigenvalue weighted by Crippen LogP contribution is -1.98. The zero-order valence-electron chi connectivity index (χ0n) is 12.8. The highest BCUT2D eigenvalue weighted by atomic mass is 19.1. The number of aromatic nitrogens is 3. The molecule has 0 saturated carbocycles. The third-order valence-corrected chi connectivity index (χ3v) is 4.15. The van der Waals surface area contributed by atoms with Crippen LogP contribution in [-0.2, 0) is 0 Å². The first-order valence-electron chi connectivity index (χ1n) is 7.39. The van der Waals surface area contributed by atoms with Crippen LogP contribution >= 0.6 is 0 Å². The molecule has 6 heteroatoms. The molecule has 2 heterocycles. The predicted octanol–water partition coefficient (Wildman–Crippen LogP) is 3.88. The van der Waals surface area contributed by atoms with Crippen molar-refractivity contribution in [3.8, 4) is 28.6 Å². The topological polar surface area (TPSA) is 74.1 Å². The molecule has 0 aliphatic heterocycles. The number of aromatic amines is 1. The summed E-state index contributed by atoms with van der Waals surface area (Å²) in [5.74, 6) is -1.02. The second kappa shape index (κ2) is 5.13. The van der Waals surface area contributed by atoms with Crippen molar-refractivity contribution in [2.45, 2.75) is 6.92 Å². The van der Waals surface area contributed by atoms with Crippen molar-refractivity contribution in [3.63, 3.8) is 0 Å². The lowest BCUT2D eigenvalue weighted by molar-refractivity contribution is 0.386. The number of benzene rings is 2. The van der Waals surface area contributed by atoms with E-state index < -0.39 is 5.82 Å². The van der Waals surface area contributed by atoms with Crippen LogP contribution in [0.5, 0.6) is 11.6 Å². The molecule has 0 aliphatic carbocycles. The molecular weight excluding hydrogens is 309 g/mol. The quantitative estimate of drug-likeness (QED) is 0.524. The summed E-state index contributed by atoms with van der Waals surface area (Å²) < 4.78 is 15.7. The Bertz CT molecular complexity index is 1070. The van der Waals surface area contributed by atoms with E-state index in [1.165, 1.54) is 10.6 Å². The van der Waals surface area contributed by atoms with Gasteiger partial charge in [-0.3, -0.25) is 4.57 Å². The Hall–Kier alpha value is -3.28. The van der Waals surface area contributed by atoms with Gasteiger partial charge in [0.1, 0.15) is 5.82 Å². The molecule has 4 aromatic rings. The second-order valence-electron chi connectivity index (χ2n) is 5.57. The number of imidazole rings is 1. The predicted molar refractivity (Wildman–Crippen MR) is 88.9 cm³/mol. The maximum atomic E-state index is 14.3. The van der Waals surface area contributed by atoms with Crippen molar-refractivity contribution in [2.75, 3.05) is 0 Å². The minimum absolute atomic E-state index is 0.266. The van der Waals surface area contributed by atoms with Crippen LogP contribution in [0.2, 0.25) is 0 Å². The highest BCUT2D eigenvalue weighted by molar-refractivity contribution is 5.79. The lowest BCUT2D eigenvalue weighted by Gasteiger charge is -2.12. The minimum Gasteiger partial charge on any atom is -0.503 e. The van der Waals surface area contributed by atoms with Gasteiger partial charge in [0, 0.05) is 11.1 Å². The van der Waals surface area contributed by atoms with E-state index in [1.807, 2.05) is 0 Å². The molecule has 0 bridgehead atoms. The fourth-order valence-electron chi connectivity index (χ4n) is 2.95. The smallest absolute Gasteiger partial charge is 0.240 e. The van der Waals surface area contributed by atoms with Crippen molar-refractivity contribution in [3.05, 3.63) is 60.2 Å². The zero-order chi connectivity index (χ0) is 16.8. The van der Waals surface area contributed by atoms with Crippen molar-refractivity contribution in [2.24, 2.45) is 0 Å². The van der Waals surface area contributed by atoms with E-state index in [2.05, 4.69) is 9.97 Å². The number of hydrogen-bond donors (Lipinski definition) is 3. The molecule has 0 atom stereocenters. The molecular formula is C18H14FN3O2. The summed E-state index contributed by atoms with van der Waals surface area (Å²) >= 11 is 0. The van der Waals surface area contributed by atoms with E-state index in [1.54, 1.807) is 49.6 Å². The van der Waals surface area contributed by atoms with Crippen LogP contribution in [0, 0.1) is 12.7 Å². The van der Waals surface area contributed by atoms with Crippen molar-refractivity contribution < 1.29 is 14.6 Å². The Balaban J connectivity index is 2.05. The summed E-state index contributed by atoms with van der Waals surface area (Å²) in [4.78, 5) is 7.16. The number of nitrogens with zero attached hydrogens (tertiary/aromatic N) is 2. The van der Waals surface area contributed by atoms with E-state index in [-0.39, 0.29) is 11.6 Å². The average Bonchev–Trinajstić information content (AvgIpc) is 3.13. The molecule has 0 aliphatic rings. The van der Waals surface area contributed by atoms with Gasteiger partial charge in [-0.05, 0) is 37.3 Å². The molecule has 120 valence electrons. The third-order valence-electron chi connectivity index (χ3n) is 4.15. The fourth-order valence-corrected chi connectivity index (χ4v) is 2.95. The molecule has 0 spiro atoms. The number of hydrogen-bond acceptors (Lipinski definition) is 3. The van der Waals surface area contributed by atoms with E-state index in [9.17, 15) is 14.6 Å². The lowest BCUT2D eigenvalue weighted by atomic mass is 10.1. The van der Waals surface area contributed by atoms with E-state index in [0.29, 0.717) is 22.5 Å². The van der Waals surface area contributed by atoms with Gasteiger partial charge in [0.05, 0.1) is 28.7 Å². The maximum Gasteiger partial charge on any atom is 0.240 e. The Morgan fingerprint density at radius 2 is 1.92 bits per heavy atom. The zero-order valence-corrected chi connectivity index (χ0v) is 12.8. The number of rotatable bonds is 2. The molecule has 24 heavy (non-hydrogen) atoms. The molecule has 0 radical (unpaired) electrons. The first kappa shape index (κ1) is 14.3. The van der Waals surface area contributed by atoms with Gasteiger partial charge in [-0.1, -0.05) is 12.1 Å². The van der Waals surface area contributed by atoms with Crippen molar-refractivity contribution in [1.82, 2.24) is 14.5 Å². The number of aromatic hydroxyl groups is 2. The SMILES string of the molecule is Cc1c(O)c(O)n(-c2ccc3nc[nH]c3c2)c1-c1ccccc1F. The van der Waals surface area contributed by atoms with Gasteiger partial charge < -0.3 is 15.2 Å². The fraction of sp³-hybridized carbons (Fsp3) is 0.0556. The minimum atomic E-state index is -0.429. The van der Waals surface area contributed by atoms with Gasteiger partial charge >= 0.3 is 0 Å². The molecule has 3 N–H and O–H groups in total. The summed E-state index contributed by atoms with van der Waals surface area (Å²) in [6, 6.07) is 11.6. The van der Waals surface area contributed by atoms with Gasteiger partial charge in [-0.15, -0.1) is 0 Å². The van der Waals surface area contributed by atoms with Crippen LogP contribution in [0.3, 0.4) is 0 Å². The van der Waals surface area contributed by atoms with Crippen LogP contribution in [-0.4, -0.2) is 24.7 Å². The van der Waals surface area contributed by atoms with Crippen molar-refractivity contribution in [1.29, 1.82) is 0 Å². The molecule has 2 aromatic carbocycles. The van der Waals surface area contributed by atoms with Gasteiger partial charge in [0.25, 0.3) is 0 Å². The van der Waals surface area contributed by atoms with Gasteiger partial charge in [0.2, 0.25) is 5.88 Å². The first-order chi connectivity index (χ1) is 11.6. The van der Waals surface area contributed by atoms with Gasteiger partial charge in [0.15, 0.2) is 5.75 Å². The number of fused-ring (bicyclic) bond motifs is 1. The standard InChI is InChI=1S/C18H14FN3O2/c1-10-16(12-4-2-3-5-13(12)19)22(18(24)17(10)23)11-6-7-14-15(8-11)21-9-20-14/h2-9,23-24H,1H3,(H,20,21). The normalized spacial score (nSPS) is 11.2. The van der Waals surface area contributed by atoms with Crippen LogP contribution < -0.4 is 0 Å². The van der Waals surface area contributed by atoms with Crippen LogP contribution in [0.25, 0.3) is 28.0 Å². The Morgan fingerprint density at radius 1 is 1.12 bits per heavy atom.